The Morgan fingerprint density at radius 3 is 2.26 bits per heavy atom. The van der Waals surface area contributed by atoms with Crippen molar-refractivity contribution in [3.63, 3.8) is 0 Å². The fraction of sp³-hybridized carbons (Fsp3) is 0.444. The van der Waals surface area contributed by atoms with Crippen LogP contribution in [0.5, 0.6) is 0 Å². The lowest BCUT2D eigenvalue weighted by molar-refractivity contribution is -0.384. The summed E-state index contributed by atoms with van der Waals surface area (Å²) in [4.78, 5) is 35.2. The quantitative estimate of drug-likeness (QED) is 0.410. The molecule has 0 spiro atoms. The first kappa shape index (κ1) is 20.2. The summed E-state index contributed by atoms with van der Waals surface area (Å²) < 4.78 is 8.33. The first-order valence-electron chi connectivity index (χ1n) is 8.94. The summed E-state index contributed by atoms with van der Waals surface area (Å²) in [5.74, 6) is -0.933. The second-order valence-corrected chi connectivity index (χ2v) is 6.02. The van der Waals surface area contributed by atoms with Crippen LogP contribution in [0.1, 0.15) is 54.6 Å². The Kier molecular flexibility index (Phi) is 6.75. The number of nitrogens with zero attached hydrogens (tertiary/aromatic N) is 3. The summed E-state index contributed by atoms with van der Waals surface area (Å²) in [6, 6.07) is 2.80. The lowest BCUT2D eigenvalue weighted by Gasteiger charge is -2.07. The topological polar surface area (TPSA) is 108 Å². The molecule has 0 aromatic carbocycles. The van der Waals surface area contributed by atoms with Crippen LogP contribution in [0.15, 0.2) is 24.5 Å². The lowest BCUT2D eigenvalue weighted by atomic mass is 10.3. The van der Waals surface area contributed by atoms with Gasteiger partial charge >= 0.3 is 5.97 Å². The first-order valence-corrected chi connectivity index (χ1v) is 8.94. The van der Waals surface area contributed by atoms with Crippen LogP contribution in [-0.4, -0.2) is 32.5 Å². The summed E-state index contributed by atoms with van der Waals surface area (Å²) >= 11 is 0. The van der Waals surface area contributed by atoms with E-state index in [1.807, 2.05) is 13.8 Å². The standard InChI is InChI=1S/C18H24N4O5/c1-4-7-20-11-13(9-16(20)18(24)27-6-3)19-17(23)15-10-14(22(25)26)12-21(15)8-5-2/h9-12H,4-8H2,1-3H3,(H,19,23). The number of nitro groups is 1. The predicted octanol–water partition coefficient (Wildman–Crippen LogP) is 3.45. The molecule has 2 heterocycles. The van der Waals surface area contributed by atoms with Crippen LogP contribution in [0.3, 0.4) is 0 Å². The van der Waals surface area contributed by atoms with E-state index >= 15 is 0 Å². The van der Waals surface area contributed by atoms with Crippen LogP contribution < -0.4 is 5.32 Å². The number of carbonyl (C=O) groups excluding carboxylic acids is 2. The van der Waals surface area contributed by atoms with E-state index in [-0.39, 0.29) is 18.0 Å². The molecule has 0 saturated carbocycles. The average molecular weight is 376 g/mol. The maximum atomic E-state index is 12.6. The van der Waals surface area contributed by atoms with Crippen molar-refractivity contribution in [2.45, 2.75) is 46.7 Å². The molecule has 1 N–H and O–H groups in total. The first-order chi connectivity index (χ1) is 12.9. The Labute approximate surface area is 157 Å². The minimum atomic E-state index is -0.528. The molecule has 1 amide bonds. The molecule has 9 heteroatoms. The van der Waals surface area contributed by atoms with Gasteiger partial charge in [0.25, 0.3) is 11.6 Å². The van der Waals surface area contributed by atoms with E-state index in [4.69, 9.17) is 4.74 Å². The van der Waals surface area contributed by atoms with Crippen molar-refractivity contribution in [1.29, 1.82) is 0 Å². The average Bonchev–Trinajstić information content (AvgIpc) is 3.20. The Balaban J connectivity index is 2.28. The van der Waals surface area contributed by atoms with Gasteiger partial charge in [-0.3, -0.25) is 14.9 Å². The highest BCUT2D eigenvalue weighted by Crippen LogP contribution is 2.20. The zero-order chi connectivity index (χ0) is 20.0. The van der Waals surface area contributed by atoms with Crippen LogP contribution in [0.4, 0.5) is 11.4 Å². The zero-order valence-electron chi connectivity index (χ0n) is 15.7. The van der Waals surface area contributed by atoms with Gasteiger partial charge < -0.3 is 19.2 Å². The number of aromatic nitrogens is 2. The van der Waals surface area contributed by atoms with Crippen molar-refractivity contribution in [3.05, 3.63) is 46.0 Å². The monoisotopic (exact) mass is 376 g/mol. The second kappa shape index (κ2) is 9.02. The number of anilines is 1. The van der Waals surface area contributed by atoms with Gasteiger partial charge in [0.2, 0.25) is 0 Å². The minimum absolute atomic E-state index is 0.135. The van der Waals surface area contributed by atoms with E-state index < -0.39 is 16.8 Å². The number of rotatable bonds is 9. The molecule has 0 bridgehead atoms. The summed E-state index contributed by atoms with van der Waals surface area (Å²) in [5, 5.41) is 13.7. The SMILES string of the molecule is CCCn1cc([N+](=O)[O-])cc1C(=O)Nc1cc(C(=O)OCC)n(CCC)c1. The maximum absolute atomic E-state index is 12.6. The van der Waals surface area contributed by atoms with Gasteiger partial charge in [0.1, 0.15) is 11.4 Å². The van der Waals surface area contributed by atoms with Gasteiger partial charge in [0, 0.05) is 25.4 Å². The van der Waals surface area contributed by atoms with Crippen molar-refractivity contribution in [2.75, 3.05) is 11.9 Å². The Morgan fingerprint density at radius 1 is 1.07 bits per heavy atom. The summed E-state index contributed by atoms with van der Waals surface area (Å²) in [7, 11) is 0. The number of nitrogens with one attached hydrogen (secondary N) is 1. The van der Waals surface area contributed by atoms with E-state index in [0.29, 0.717) is 24.5 Å². The van der Waals surface area contributed by atoms with Crippen LogP contribution in [0, 0.1) is 10.1 Å². The molecule has 0 unspecified atom stereocenters. The zero-order valence-corrected chi connectivity index (χ0v) is 15.7. The van der Waals surface area contributed by atoms with Crippen LogP contribution in [0.25, 0.3) is 0 Å². The van der Waals surface area contributed by atoms with Crippen molar-refractivity contribution in [1.82, 2.24) is 9.13 Å². The van der Waals surface area contributed by atoms with E-state index in [1.54, 1.807) is 28.3 Å². The van der Waals surface area contributed by atoms with Gasteiger partial charge in [0.05, 0.1) is 23.4 Å². The van der Waals surface area contributed by atoms with Gasteiger partial charge in [-0.25, -0.2) is 4.79 Å². The number of carbonyl (C=O) groups is 2. The Bertz CT molecular complexity index is 837. The van der Waals surface area contributed by atoms with Gasteiger partial charge in [0.15, 0.2) is 0 Å². The highest BCUT2D eigenvalue weighted by atomic mass is 16.6. The summed E-state index contributed by atoms with van der Waals surface area (Å²) in [6.45, 7) is 6.96. The Morgan fingerprint density at radius 2 is 1.70 bits per heavy atom. The molecule has 0 fully saturated rings. The molecule has 0 aliphatic carbocycles. The fourth-order valence-corrected chi connectivity index (χ4v) is 2.79. The largest absolute Gasteiger partial charge is 0.461 e. The molecular weight excluding hydrogens is 352 g/mol. The van der Waals surface area contributed by atoms with Gasteiger partial charge in [-0.1, -0.05) is 13.8 Å². The molecule has 2 aromatic heterocycles. The number of amides is 1. The molecule has 2 rings (SSSR count). The van der Waals surface area contributed by atoms with Crippen molar-refractivity contribution < 1.29 is 19.2 Å². The molecule has 146 valence electrons. The predicted molar refractivity (Wildman–Crippen MR) is 100 cm³/mol. The molecule has 0 atom stereocenters. The van der Waals surface area contributed by atoms with Gasteiger partial charge in [-0.15, -0.1) is 0 Å². The fourth-order valence-electron chi connectivity index (χ4n) is 2.79. The van der Waals surface area contributed by atoms with Crippen LogP contribution in [-0.2, 0) is 17.8 Å². The number of esters is 1. The van der Waals surface area contributed by atoms with Crippen molar-refractivity contribution in [2.24, 2.45) is 0 Å². The molecule has 0 radical (unpaired) electrons. The van der Waals surface area contributed by atoms with Gasteiger partial charge in [-0.05, 0) is 25.8 Å². The molecule has 27 heavy (non-hydrogen) atoms. The van der Waals surface area contributed by atoms with E-state index in [0.717, 1.165) is 12.8 Å². The summed E-state index contributed by atoms with van der Waals surface area (Å²) in [6.07, 6.45) is 4.55. The highest BCUT2D eigenvalue weighted by molar-refractivity contribution is 6.04. The van der Waals surface area contributed by atoms with Crippen molar-refractivity contribution in [3.8, 4) is 0 Å². The summed E-state index contributed by atoms with van der Waals surface area (Å²) in [5.41, 5.74) is 0.848. The maximum Gasteiger partial charge on any atom is 0.355 e. The third kappa shape index (κ3) is 4.75. The number of aryl methyl sites for hydroxylation is 2. The number of hydrogen-bond acceptors (Lipinski definition) is 5. The van der Waals surface area contributed by atoms with E-state index in [9.17, 15) is 19.7 Å². The van der Waals surface area contributed by atoms with Crippen molar-refractivity contribution >= 4 is 23.3 Å². The molecule has 0 aliphatic rings. The molecule has 0 saturated heterocycles. The Hall–Kier alpha value is -3.10. The lowest BCUT2D eigenvalue weighted by Crippen LogP contribution is -2.16. The van der Waals surface area contributed by atoms with E-state index in [2.05, 4.69) is 5.32 Å². The highest BCUT2D eigenvalue weighted by Gasteiger charge is 2.21. The number of ether oxygens (including phenoxy) is 1. The molecule has 2 aromatic rings. The normalized spacial score (nSPS) is 10.6. The molecular formula is C18H24N4O5. The van der Waals surface area contributed by atoms with Gasteiger partial charge in [-0.2, -0.15) is 0 Å². The van der Waals surface area contributed by atoms with Crippen LogP contribution >= 0.6 is 0 Å². The third-order valence-electron chi connectivity index (χ3n) is 3.89. The van der Waals surface area contributed by atoms with E-state index in [1.165, 1.54) is 12.3 Å². The molecule has 0 aliphatic heterocycles. The third-order valence-corrected chi connectivity index (χ3v) is 3.89. The van der Waals surface area contributed by atoms with Crippen LogP contribution in [0.2, 0.25) is 0 Å². The smallest absolute Gasteiger partial charge is 0.355 e. The number of hydrogen-bond donors (Lipinski definition) is 1. The molecule has 9 nitrogen and oxygen atoms in total. The second-order valence-electron chi connectivity index (χ2n) is 6.02. The minimum Gasteiger partial charge on any atom is -0.461 e.